The summed E-state index contributed by atoms with van der Waals surface area (Å²) >= 11 is 5.96. The summed E-state index contributed by atoms with van der Waals surface area (Å²) in [5.74, 6) is 0. The van der Waals surface area contributed by atoms with Crippen molar-refractivity contribution in [3.05, 3.63) is 41.9 Å². The van der Waals surface area contributed by atoms with Crippen LogP contribution in [0.25, 0.3) is 0 Å². The van der Waals surface area contributed by atoms with Gasteiger partial charge in [0, 0.05) is 23.3 Å². The highest BCUT2D eigenvalue weighted by atomic mass is 35.5. The van der Waals surface area contributed by atoms with E-state index in [0.717, 1.165) is 11.6 Å². The molecule has 2 rings (SSSR count). The maximum Gasteiger partial charge on any atom is 0.0471 e. The van der Waals surface area contributed by atoms with E-state index in [4.69, 9.17) is 11.6 Å². The van der Waals surface area contributed by atoms with Gasteiger partial charge in [0.25, 0.3) is 0 Å². The van der Waals surface area contributed by atoms with Gasteiger partial charge in [0.1, 0.15) is 0 Å². The molecule has 0 radical (unpaired) electrons. The summed E-state index contributed by atoms with van der Waals surface area (Å²) < 4.78 is 0. The molecule has 1 aromatic carbocycles. The molecular formula is C12H14ClN. The third kappa shape index (κ3) is 1.78. The molecule has 0 amide bonds. The molecule has 1 aliphatic rings. The number of hydrogen-bond donors (Lipinski definition) is 0. The maximum atomic E-state index is 5.96. The van der Waals surface area contributed by atoms with E-state index in [-0.39, 0.29) is 0 Å². The zero-order valence-corrected chi connectivity index (χ0v) is 8.87. The van der Waals surface area contributed by atoms with Gasteiger partial charge in [0.15, 0.2) is 0 Å². The van der Waals surface area contributed by atoms with Crippen LogP contribution in [0.1, 0.15) is 12.8 Å². The second kappa shape index (κ2) is 4.05. The third-order valence-electron chi connectivity index (χ3n) is 2.71. The Balaban J connectivity index is 2.25. The molecule has 1 atom stereocenters. The molecule has 1 aliphatic heterocycles. The van der Waals surface area contributed by atoms with Gasteiger partial charge in [-0.1, -0.05) is 23.7 Å². The van der Waals surface area contributed by atoms with Crippen molar-refractivity contribution in [2.24, 2.45) is 0 Å². The van der Waals surface area contributed by atoms with Crippen molar-refractivity contribution in [1.82, 2.24) is 0 Å². The summed E-state index contributed by atoms with van der Waals surface area (Å²) in [6.07, 6.45) is 4.47. The van der Waals surface area contributed by atoms with Crippen LogP contribution in [0.5, 0.6) is 0 Å². The van der Waals surface area contributed by atoms with Crippen LogP contribution in [0, 0.1) is 0 Å². The summed E-state index contributed by atoms with van der Waals surface area (Å²) in [5.41, 5.74) is 1.21. The summed E-state index contributed by atoms with van der Waals surface area (Å²) in [7, 11) is 0. The van der Waals surface area contributed by atoms with E-state index in [1.807, 2.05) is 24.3 Å². The first-order valence-electron chi connectivity index (χ1n) is 4.96. The number of anilines is 1. The van der Waals surface area contributed by atoms with Crippen molar-refractivity contribution in [3.63, 3.8) is 0 Å². The standard InChI is InChI=1S/C12H14ClN/c1-2-11-7-4-8-14(11)12-6-3-5-10(13)9-12/h2-3,5-6,9,11H,1,4,7-8H2. The van der Waals surface area contributed by atoms with Crippen LogP contribution in [-0.2, 0) is 0 Å². The van der Waals surface area contributed by atoms with Gasteiger partial charge < -0.3 is 4.90 Å². The van der Waals surface area contributed by atoms with Crippen LogP contribution in [0.15, 0.2) is 36.9 Å². The zero-order chi connectivity index (χ0) is 9.97. The minimum absolute atomic E-state index is 0.480. The van der Waals surface area contributed by atoms with Crippen molar-refractivity contribution in [1.29, 1.82) is 0 Å². The van der Waals surface area contributed by atoms with Gasteiger partial charge in [-0.25, -0.2) is 0 Å². The molecule has 1 saturated heterocycles. The molecule has 0 N–H and O–H groups in total. The number of halogens is 1. The van der Waals surface area contributed by atoms with E-state index in [2.05, 4.69) is 17.5 Å². The number of nitrogens with zero attached hydrogens (tertiary/aromatic N) is 1. The summed E-state index contributed by atoms with van der Waals surface area (Å²) in [6.45, 7) is 4.97. The summed E-state index contributed by atoms with van der Waals surface area (Å²) in [5, 5.41) is 0.803. The lowest BCUT2D eigenvalue weighted by Crippen LogP contribution is -2.26. The van der Waals surface area contributed by atoms with E-state index in [1.165, 1.54) is 18.5 Å². The number of hydrogen-bond acceptors (Lipinski definition) is 1. The van der Waals surface area contributed by atoms with Gasteiger partial charge in [-0.05, 0) is 31.0 Å². The molecule has 0 bridgehead atoms. The molecule has 74 valence electrons. The van der Waals surface area contributed by atoms with E-state index in [1.54, 1.807) is 0 Å². The van der Waals surface area contributed by atoms with Gasteiger partial charge >= 0.3 is 0 Å². The predicted octanol–water partition coefficient (Wildman–Crippen LogP) is 3.49. The van der Waals surface area contributed by atoms with Crippen LogP contribution in [-0.4, -0.2) is 12.6 Å². The van der Waals surface area contributed by atoms with Crippen molar-refractivity contribution in [2.45, 2.75) is 18.9 Å². The minimum atomic E-state index is 0.480. The molecule has 1 unspecified atom stereocenters. The van der Waals surface area contributed by atoms with Gasteiger partial charge in [-0.2, -0.15) is 0 Å². The molecule has 0 aromatic heterocycles. The zero-order valence-electron chi connectivity index (χ0n) is 8.12. The van der Waals surface area contributed by atoms with Gasteiger partial charge in [0.2, 0.25) is 0 Å². The topological polar surface area (TPSA) is 3.24 Å². The highest BCUT2D eigenvalue weighted by Crippen LogP contribution is 2.27. The maximum absolute atomic E-state index is 5.96. The number of rotatable bonds is 2. The highest BCUT2D eigenvalue weighted by Gasteiger charge is 2.21. The number of benzene rings is 1. The molecule has 0 saturated carbocycles. The van der Waals surface area contributed by atoms with Crippen LogP contribution in [0.2, 0.25) is 5.02 Å². The average Bonchev–Trinajstić information content (AvgIpc) is 2.65. The Morgan fingerprint density at radius 1 is 1.50 bits per heavy atom. The first-order chi connectivity index (χ1) is 6.81. The van der Waals surface area contributed by atoms with E-state index >= 15 is 0 Å². The molecule has 1 heterocycles. The quantitative estimate of drug-likeness (QED) is 0.671. The molecular weight excluding hydrogens is 194 g/mol. The normalized spacial score (nSPS) is 21.2. The lowest BCUT2D eigenvalue weighted by molar-refractivity contribution is 0.807. The molecule has 1 aromatic rings. The van der Waals surface area contributed by atoms with Crippen molar-refractivity contribution < 1.29 is 0 Å². The Kier molecular flexibility index (Phi) is 2.78. The largest absolute Gasteiger partial charge is 0.365 e. The third-order valence-corrected chi connectivity index (χ3v) is 2.95. The van der Waals surface area contributed by atoms with Crippen LogP contribution < -0.4 is 4.90 Å². The van der Waals surface area contributed by atoms with Crippen molar-refractivity contribution in [2.75, 3.05) is 11.4 Å². The van der Waals surface area contributed by atoms with Gasteiger partial charge in [-0.3, -0.25) is 0 Å². The van der Waals surface area contributed by atoms with E-state index in [0.29, 0.717) is 6.04 Å². The first kappa shape index (κ1) is 9.60. The first-order valence-corrected chi connectivity index (χ1v) is 5.34. The Labute approximate surface area is 90.0 Å². The fourth-order valence-corrected chi connectivity index (χ4v) is 2.20. The second-order valence-corrected chi connectivity index (χ2v) is 4.05. The molecule has 14 heavy (non-hydrogen) atoms. The minimum Gasteiger partial charge on any atom is -0.365 e. The molecule has 0 aliphatic carbocycles. The Morgan fingerprint density at radius 3 is 3.07 bits per heavy atom. The average molecular weight is 208 g/mol. The van der Waals surface area contributed by atoms with E-state index < -0.39 is 0 Å². The fourth-order valence-electron chi connectivity index (χ4n) is 2.01. The predicted molar refractivity (Wildman–Crippen MR) is 62.0 cm³/mol. The summed E-state index contributed by atoms with van der Waals surface area (Å²) in [4.78, 5) is 2.36. The lowest BCUT2D eigenvalue weighted by atomic mass is 10.2. The van der Waals surface area contributed by atoms with Gasteiger partial charge in [0.05, 0.1) is 0 Å². The summed E-state index contributed by atoms with van der Waals surface area (Å²) in [6, 6.07) is 8.51. The van der Waals surface area contributed by atoms with Crippen molar-refractivity contribution in [3.8, 4) is 0 Å². The molecule has 2 heteroatoms. The molecule has 1 nitrogen and oxygen atoms in total. The SMILES string of the molecule is C=CC1CCCN1c1cccc(Cl)c1. The second-order valence-electron chi connectivity index (χ2n) is 3.62. The fraction of sp³-hybridized carbons (Fsp3) is 0.333. The molecule has 0 spiro atoms. The van der Waals surface area contributed by atoms with Crippen LogP contribution in [0.4, 0.5) is 5.69 Å². The van der Waals surface area contributed by atoms with Crippen LogP contribution in [0.3, 0.4) is 0 Å². The van der Waals surface area contributed by atoms with Crippen LogP contribution >= 0.6 is 11.6 Å². The monoisotopic (exact) mass is 207 g/mol. The Hall–Kier alpha value is -0.950. The lowest BCUT2D eigenvalue weighted by Gasteiger charge is -2.24. The Morgan fingerprint density at radius 2 is 2.36 bits per heavy atom. The smallest absolute Gasteiger partial charge is 0.0471 e. The highest BCUT2D eigenvalue weighted by molar-refractivity contribution is 6.30. The van der Waals surface area contributed by atoms with Gasteiger partial charge in [-0.15, -0.1) is 6.58 Å². The van der Waals surface area contributed by atoms with E-state index in [9.17, 15) is 0 Å². The molecule has 1 fully saturated rings. The Bertz CT molecular complexity index is 335. The van der Waals surface area contributed by atoms with Crippen molar-refractivity contribution >= 4 is 17.3 Å².